The van der Waals surface area contributed by atoms with Gasteiger partial charge in [0.1, 0.15) is 12.6 Å². The van der Waals surface area contributed by atoms with Gasteiger partial charge in [0.15, 0.2) is 11.4 Å². The van der Waals surface area contributed by atoms with Crippen molar-refractivity contribution in [3.8, 4) is 11.3 Å². The molecule has 3 aromatic heterocycles. The van der Waals surface area contributed by atoms with Crippen LogP contribution in [-0.2, 0) is 17.9 Å². The highest BCUT2D eigenvalue weighted by atomic mass is 28.3. The minimum atomic E-state index is -1.17. The first kappa shape index (κ1) is 22.4. The number of hydrogen-bond donors (Lipinski definition) is 0. The molecule has 0 fully saturated rings. The van der Waals surface area contributed by atoms with Crippen LogP contribution in [-0.4, -0.2) is 39.4 Å². The average molecular weight is 449 g/mol. The third-order valence-electron chi connectivity index (χ3n) is 5.95. The van der Waals surface area contributed by atoms with Crippen molar-refractivity contribution in [3.63, 3.8) is 0 Å². The van der Waals surface area contributed by atoms with E-state index in [9.17, 15) is 4.79 Å². The van der Waals surface area contributed by atoms with Crippen molar-refractivity contribution in [2.45, 2.75) is 59.6 Å². The van der Waals surface area contributed by atoms with Gasteiger partial charge in [-0.1, -0.05) is 50.8 Å². The quantitative estimate of drug-likeness (QED) is 0.196. The largest absolute Gasteiger partial charge is 0.361 e. The zero-order chi connectivity index (χ0) is 23.0. The summed E-state index contributed by atoms with van der Waals surface area (Å²) in [4.78, 5) is 21.1. The molecule has 3 heterocycles. The van der Waals surface area contributed by atoms with E-state index in [-0.39, 0.29) is 5.78 Å². The van der Waals surface area contributed by atoms with Crippen LogP contribution in [0.1, 0.15) is 35.6 Å². The lowest BCUT2D eigenvalue weighted by Gasteiger charge is -2.17. The van der Waals surface area contributed by atoms with Crippen LogP contribution in [0, 0.1) is 6.92 Å². The van der Waals surface area contributed by atoms with E-state index in [2.05, 4.69) is 40.5 Å². The van der Waals surface area contributed by atoms with E-state index < -0.39 is 8.07 Å². The summed E-state index contributed by atoms with van der Waals surface area (Å²) in [5, 5.41) is 0. The highest BCUT2D eigenvalue weighted by Crippen LogP contribution is 2.34. The summed E-state index contributed by atoms with van der Waals surface area (Å²) >= 11 is 0. The number of Topliss-reactive ketones (excluding diaryl/α,β-unsaturated/α-hetero) is 1. The number of ether oxygens (including phenoxy) is 1. The van der Waals surface area contributed by atoms with Crippen molar-refractivity contribution < 1.29 is 9.53 Å². The summed E-state index contributed by atoms with van der Waals surface area (Å²) in [6, 6.07) is 8.97. The molecular formula is C25H32N4O2Si. The number of rotatable bonds is 8. The summed E-state index contributed by atoms with van der Waals surface area (Å²) in [7, 11) is -1.17. The van der Waals surface area contributed by atoms with Crippen LogP contribution in [0.15, 0.2) is 36.7 Å². The molecule has 0 unspecified atom stereocenters. The second kappa shape index (κ2) is 8.63. The van der Waals surface area contributed by atoms with Crippen LogP contribution in [0.25, 0.3) is 27.9 Å². The van der Waals surface area contributed by atoms with Gasteiger partial charge in [-0.15, -0.1) is 0 Å². The fourth-order valence-corrected chi connectivity index (χ4v) is 4.93. The molecule has 0 saturated carbocycles. The molecule has 0 amide bonds. The first-order chi connectivity index (χ1) is 15.2. The first-order valence-electron chi connectivity index (χ1n) is 11.2. The summed E-state index contributed by atoms with van der Waals surface area (Å²) in [6.07, 6.45) is 4.59. The summed E-state index contributed by atoms with van der Waals surface area (Å²) in [5.41, 5.74) is 7.05. The van der Waals surface area contributed by atoms with E-state index in [0.29, 0.717) is 12.3 Å². The zero-order valence-corrected chi connectivity index (χ0v) is 20.9. The molecule has 0 spiro atoms. The highest BCUT2D eigenvalue weighted by molar-refractivity contribution is 6.76. The number of carbonyl (C=O) groups excluding carboxylic acids is 1. The maximum absolute atomic E-state index is 11.8. The van der Waals surface area contributed by atoms with Crippen molar-refractivity contribution >= 4 is 30.5 Å². The number of carbonyl (C=O) groups is 1. The fraction of sp³-hybridized carbons (Fsp3) is 0.400. The fourth-order valence-electron chi connectivity index (χ4n) is 4.17. The van der Waals surface area contributed by atoms with Crippen LogP contribution in [0.5, 0.6) is 0 Å². The maximum atomic E-state index is 11.8. The Morgan fingerprint density at radius 2 is 1.78 bits per heavy atom. The molecule has 0 aliphatic carbocycles. The summed E-state index contributed by atoms with van der Waals surface area (Å²) in [6.45, 7) is 14.1. The minimum absolute atomic E-state index is 0.0694. The van der Waals surface area contributed by atoms with Gasteiger partial charge in [0, 0.05) is 25.8 Å². The number of benzene rings is 1. The van der Waals surface area contributed by atoms with Gasteiger partial charge in [0.25, 0.3) is 0 Å². The molecule has 0 aliphatic heterocycles. The SMILES string of the molecule is CCc1c(-c2ccc(C(C)=O)cc2)n(COCC[Si](C)(C)C)c2ncc3cnc(C)n3c12. The molecule has 0 saturated heterocycles. The van der Waals surface area contributed by atoms with Gasteiger partial charge < -0.3 is 4.74 Å². The van der Waals surface area contributed by atoms with E-state index >= 15 is 0 Å². The number of aryl methyl sites for hydroxylation is 2. The van der Waals surface area contributed by atoms with Crippen molar-refractivity contribution in [1.29, 1.82) is 0 Å². The molecule has 0 aliphatic rings. The minimum Gasteiger partial charge on any atom is -0.361 e. The molecule has 32 heavy (non-hydrogen) atoms. The van der Waals surface area contributed by atoms with Gasteiger partial charge >= 0.3 is 0 Å². The van der Waals surface area contributed by atoms with Crippen LogP contribution in [0.4, 0.5) is 0 Å². The normalized spacial score (nSPS) is 12.2. The van der Waals surface area contributed by atoms with Gasteiger partial charge in [-0.3, -0.25) is 13.8 Å². The molecule has 7 heteroatoms. The molecule has 1 aromatic carbocycles. The molecular weight excluding hydrogens is 416 g/mol. The lowest BCUT2D eigenvalue weighted by atomic mass is 10.0. The second-order valence-electron chi connectivity index (χ2n) is 9.59. The number of ketones is 1. The first-order valence-corrected chi connectivity index (χ1v) is 14.9. The van der Waals surface area contributed by atoms with E-state index in [1.54, 1.807) is 6.92 Å². The predicted molar refractivity (Wildman–Crippen MR) is 132 cm³/mol. The zero-order valence-electron chi connectivity index (χ0n) is 19.9. The maximum Gasteiger partial charge on any atom is 0.159 e. The van der Waals surface area contributed by atoms with Gasteiger partial charge in [-0.05, 0) is 31.9 Å². The Kier molecular flexibility index (Phi) is 6.05. The van der Waals surface area contributed by atoms with Crippen LogP contribution < -0.4 is 0 Å². The Morgan fingerprint density at radius 3 is 2.41 bits per heavy atom. The van der Waals surface area contributed by atoms with E-state index in [1.165, 1.54) is 5.56 Å². The molecule has 4 rings (SSSR count). The molecule has 0 atom stereocenters. The molecule has 0 radical (unpaired) electrons. The Balaban J connectivity index is 1.89. The van der Waals surface area contributed by atoms with Crippen molar-refractivity contribution in [1.82, 2.24) is 18.9 Å². The Morgan fingerprint density at radius 1 is 1.09 bits per heavy atom. The van der Waals surface area contributed by atoms with Crippen molar-refractivity contribution in [3.05, 3.63) is 53.6 Å². The molecule has 0 N–H and O–H groups in total. The predicted octanol–water partition coefficient (Wildman–Crippen LogP) is 5.74. The lowest BCUT2D eigenvalue weighted by molar-refractivity contribution is 0.0908. The van der Waals surface area contributed by atoms with E-state index in [4.69, 9.17) is 9.72 Å². The van der Waals surface area contributed by atoms with Crippen molar-refractivity contribution in [2.75, 3.05) is 6.61 Å². The van der Waals surface area contributed by atoms with Crippen molar-refractivity contribution in [2.24, 2.45) is 0 Å². The molecule has 4 aromatic rings. The Bertz CT molecular complexity index is 1280. The number of aromatic nitrogens is 4. The Labute approximate surface area is 190 Å². The van der Waals surface area contributed by atoms with Gasteiger partial charge in [-0.25, -0.2) is 9.97 Å². The average Bonchev–Trinajstić information content (AvgIpc) is 3.28. The monoisotopic (exact) mass is 448 g/mol. The standard InChI is InChI=1S/C25H32N4O2Si/c1-7-22-23(20-10-8-19(9-11-20)17(2)30)28(16-31-12-13-32(4,5)6)25-24(22)29-18(3)26-14-21(29)15-27-25/h8-11,14-15H,7,12-13,16H2,1-6H3. The summed E-state index contributed by atoms with van der Waals surface area (Å²) < 4.78 is 10.6. The van der Waals surface area contributed by atoms with Gasteiger partial charge in [-0.2, -0.15) is 0 Å². The third-order valence-corrected chi connectivity index (χ3v) is 7.66. The number of hydrogen-bond acceptors (Lipinski definition) is 4. The van der Waals surface area contributed by atoms with E-state index in [0.717, 1.165) is 52.8 Å². The van der Waals surface area contributed by atoms with Crippen LogP contribution >= 0.6 is 0 Å². The number of nitrogens with zero attached hydrogens (tertiary/aromatic N) is 4. The Hall–Kier alpha value is -2.77. The van der Waals surface area contributed by atoms with E-state index in [1.807, 2.05) is 43.6 Å². The van der Waals surface area contributed by atoms with Crippen LogP contribution in [0.3, 0.4) is 0 Å². The van der Waals surface area contributed by atoms with Crippen LogP contribution in [0.2, 0.25) is 25.7 Å². The summed E-state index contributed by atoms with van der Waals surface area (Å²) in [5.74, 6) is 1.01. The van der Waals surface area contributed by atoms with Gasteiger partial charge in [0.2, 0.25) is 0 Å². The molecule has 6 nitrogen and oxygen atoms in total. The molecule has 168 valence electrons. The number of fused-ring (bicyclic) bond motifs is 3. The highest BCUT2D eigenvalue weighted by Gasteiger charge is 2.22. The topological polar surface area (TPSA) is 61.4 Å². The number of imidazole rings is 1. The smallest absolute Gasteiger partial charge is 0.159 e. The third kappa shape index (κ3) is 4.14. The molecule has 0 bridgehead atoms. The van der Waals surface area contributed by atoms with Gasteiger partial charge in [0.05, 0.1) is 29.1 Å². The lowest BCUT2D eigenvalue weighted by Crippen LogP contribution is -2.22. The second-order valence-corrected chi connectivity index (χ2v) is 15.2.